The molecular weight excluding hydrogens is 214 g/mol. The molecule has 0 spiro atoms. The number of nitrogens with one attached hydrogen (secondary N) is 2. The number of halogens is 1. The van der Waals surface area contributed by atoms with Crippen LogP contribution >= 0.6 is 11.6 Å². The van der Waals surface area contributed by atoms with Crippen molar-refractivity contribution in [2.24, 2.45) is 4.99 Å². The van der Waals surface area contributed by atoms with Gasteiger partial charge in [0.2, 0.25) is 5.78 Å². The first-order valence-corrected chi connectivity index (χ1v) is 5.08. The topological polar surface area (TPSA) is 53.5 Å². The normalized spacial score (nSPS) is 23.3. The Morgan fingerprint density at radius 2 is 2.13 bits per heavy atom. The largest absolute Gasteiger partial charge is 0.308 e. The van der Waals surface area contributed by atoms with Crippen LogP contribution in [0, 0.1) is 0 Å². The summed E-state index contributed by atoms with van der Waals surface area (Å²) in [6.07, 6.45) is 5.26. The second-order valence-corrected chi connectivity index (χ2v) is 3.96. The summed E-state index contributed by atoms with van der Waals surface area (Å²) in [6, 6.07) is 0. The van der Waals surface area contributed by atoms with E-state index >= 15 is 0 Å². The Morgan fingerprint density at radius 1 is 1.33 bits per heavy atom. The van der Waals surface area contributed by atoms with Crippen LogP contribution in [-0.2, 0) is 4.79 Å². The third-order valence-electron chi connectivity index (χ3n) is 2.69. The highest BCUT2D eigenvalue weighted by Crippen LogP contribution is 2.35. The molecule has 1 aliphatic carbocycles. The molecule has 0 aromatic heterocycles. The van der Waals surface area contributed by atoms with Crippen LogP contribution in [0.2, 0.25) is 0 Å². The molecule has 0 atom stereocenters. The van der Waals surface area contributed by atoms with Crippen molar-refractivity contribution in [3.63, 3.8) is 0 Å². The standard InChI is InChI=1S/C10H8ClN3O/c11-10-7(15)3-5-1-2-6-4-12-14-9(6)8(5)13-10/h3-4,12,14H,1-2H2. The van der Waals surface area contributed by atoms with Gasteiger partial charge in [0, 0.05) is 6.20 Å². The maximum atomic E-state index is 11.3. The van der Waals surface area contributed by atoms with Gasteiger partial charge in [-0.1, -0.05) is 11.6 Å². The van der Waals surface area contributed by atoms with E-state index < -0.39 is 0 Å². The fourth-order valence-corrected chi connectivity index (χ4v) is 2.08. The van der Waals surface area contributed by atoms with Gasteiger partial charge in [0.25, 0.3) is 0 Å². The molecule has 3 rings (SSSR count). The first-order valence-electron chi connectivity index (χ1n) is 4.70. The van der Waals surface area contributed by atoms with Crippen LogP contribution in [0.15, 0.2) is 39.8 Å². The lowest BCUT2D eigenvalue weighted by Crippen LogP contribution is -2.24. The van der Waals surface area contributed by atoms with Gasteiger partial charge in [0.15, 0.2) is 5.17 Å². The number of aliphatic imine (C=N–C) groups is 1. The highest BCUT2D eigenvalue weighted by Gasteiger charge is 2.28. The number of rotatable bonds is 0. The van der Waals surface area contributed by atoms with E-state index in [0.717, 1.165) is 29.8 Å². The number of ketones is 1. The number of carbonyl (C=O) groups excluding carboxylic acids is 1. The monoisotopic (exact) mass is 221 g/mol. The molecule has 0 amide bonds. The lowest BCUT2D eigenvalue weighted by molar-refractivity contribution is -0.108. The van der Waals surface area contributed by atoms with Crippen molar-refractivity contribution in [2.75, 3.05) is 0 Å². The molecule has 0 radical (unpaired) electrons. The first-order chi connectivity index (χ1) is 7.25. The van der Waals surface area contributed by atoms with Crippen LogP contribution in [0.25, 0.3) is 0 Å². The number of allylic oxidation sites excluding steroid dienone is 3. The zero-order chi connectivity index (χ0) is 10.4. The predicted octanol–water partition coefficient (Wildman–Crippen LogP) is 1.13. The number of hydrogen-bond donors (Lipinski definition) is 2. The summed E-state index contributed by atoms with van der Waals surface area (Å²) in [4.78, 5) is 15.5. The lowest BCUT2D eigenvalue weighted by atomic mass is 9.91. The van der Waals surface area contributed by atoms with E-state index in [4.69, 9.17) is 11.6 Å². The summed E-state index contributed by atoms with van der Waals surface area (Å²) in [5.74, 6) is -0.200. The molecule has 76 valence electrons. The second-order valence-electron chi connectivity index (χ2n) is 3.60. The number of hydrazine groups is 1. The Morgan fingerprint density at radius 3 is 3.00 bits per heavy atom. The molecule has 0 aromatic rings. The molecule has 3 aliphatic rings. The van der Waals surface area contributed by atoms with E-state index in [1.165, 1.54) is 5.57 Å². The maximum absolute atomic E-state index is 11.3. The summed E-state index contributed by atoms with van der Waals surface area (Å²) < 4.78 is 0. The van der Waals surface area contributed by atoms with Crippen LogP contribution in [0.3, 0.4) is 0 Å². The summed E-state index contributed by atoms with van der Waals surface area (Å²) in [5.41, 5.74) is 9.83. The number of nitrogens with zero attached hydrogens (tertiary/aromatic N) is 1. The molecule has 0 aromatic carbocycles. The van der Waals surface area contributed by atoms with Gasteiger partial charge in [-0.05, 0) is 30.1 Å². The minimum Gasteiger partial charge on any atom is -0.308 e. The average Bonchev–Trinajstić information content (AvgIpc) is 2.68. The number of fused-ring (bicyclic) bond motifs is 2. The minimum absolute atomic E-state index is 0.0381. The van der Waals surface area contributed by atoms with Gasteiger partial charge in [-0.2, -0.15) is 0 Å². The number of carbonyl (C=O) groups is 1. The molecule has 5 heteroatoms. The molecular formula is C10H8ClN3O. The van der Waals surface area contributed by atoms with Gasteiger partial charge in [0.05, 0.1) is 11.4 Å². The Hall–Kier alpha value is -1.55. The lowest BCUT2D eigenvalue weighted by Gasteiger charge is -2.21. The Balaban J connectivity index is 2.18. The van der Waals surface area contributed by atoms with E-state index in [1.54, 1.807) is 6.08 Å². The van der Waals surface area contributed by atoms with E-state index in [-0.39, 0.29) is 11.0 Å². The second kappa shape index (κ2) is 2.97. The minimum atomic E-state index is -0.200. The summed E-state index contributed by atoms with van der Waals surface area (Å²) >= 11 is 5.73. The summed E-state index contributed by atoms with van der Waals surface area (Å²) in [5, 5.41) is 0.0381. The van der Waals surface area contributed by atoms with Gasteiger partial charge < -0.3 is 5.43 Å². The van der Waals surface area contributed by atoms with Crippen LogP contribution in [0.5, 0.6) is 0 Å². The zero-order valence-corrected chi connectivity index (χ0v) is 8.56. The van der Waals surface area contributed by atoms with Crippen LogP contribution in [-0.4, -0.2) is 11.0 Å². The van der Waals surface area contributed by atoms with Gasteiger partial charge >= 0.3 is 0 Å². The van der Waals surface area contributed by atoms with Crippen molar-refractivity contribution in [2.45, 2.75) is 12.8 Å². The quantitative estimate of drug-likeness (QED) is 0.645. The maximum Gasteiger partial charge on any atom is 0.216 e. The molecule has 2 aliphatic heterocycles. The van der Waals surface area contributed by atoms with Crippen molar-refractivity contribution in [1.82, 2.24) is 10.9 Å². The van der Waals surface area contributed by atoms with Gasteiger partial charge in [-0.15, -0.1) is 0 Å². The fraction of sp³-hybridized carbons (Fsp3) is 0.200. The van der Waals surface area contributed by atoms with Crippen molar-refractivity contribution in [3.05, 3.63) is 34.8 Å². The third-order valence-corrected chi connectivity index (χ3v) is 2.96. The molecule has 0 unspecified atom stereocenters. The molecule has 2 N–H and O–H groups in total. The molecule has 0 saturated heterocycles. The Labute approximate surface area is 91.4 Å². The van der Waals surface area contributed by atoms with Crippen molar-refractivity contribution >= 4 is 22.6 Å². The SMILES string of the molecule is O=C1C=C2CCC3=CNNC3=C2N=C1Cl. The molecule has 0 fully saturated rings. The smallest absolute Gasteiger partial charge is 0.216 e. The number of hydrogen-bond acceptors (Lipinski definition) is 4. The van der Waals surface area contributed by atoms with Gasteiger partial charge in [-0.3, -0.25) is 10.2 Å². The molecule has 15 heavy (non-hydrogen) atoms. The Kier molecular flexibility index (Phi) is 1.73. The Bertz CT molecular complexity index is 485. The highest BCUT2D eigenvalue weighted by molar-refractivity contribution is 6.84. The predicted molar refractivity (Wildman–Crippen MR) is 57.0 cm³/mol. The summed E-state index contributed by atoms with van der Waals surface area (Å²) in [7, 11) is 0. The van der Waals surface area contributed by atoms with E-state index in [9.17, 15) is 4.79 Å². The van der Waals surface area contributed by atoms with E-state index in [2.05, 4.69) is 15.8 Å². The van der Waals surface area contributed by atoms with E-state index in [0.29, 0.717) is 0 Å². The van der Waals surface area contributed by atoms with Crippen molar-refractivity contribution < 1.29 is 4.79 Å². The van der Waals surface area contributed by atoms with Crippen LogP contribution in [0.4, 0.5) is 0 Å². The molecule has 2 heterocycles. The van der Waals surface area contributed by atoms with Crippen molar-refractivity contribution in [1.29, 1.82) is 0 Å². The fourth-order valence-electron chi connectivity index (χ4n) is 1.94. The zero-order valence-electron chi connectivity index (χ0n) is 7.80. The van der Waals surface area contributed by atoms with Gasteiger partial charge in [0.1, 0.15) is 0 Å². The first kappa shape index (κ1) is 8.73. The molecule has 4 nitrogen and oxygen atoms in total. The number of dihydropyridines is 1. The van der Waals surface area contributed by atoms with Crippen LogP contribution in [0.1, 0.15) is 12.8 Å². The van der Waals surface area contributed by atoms with Crippen LogP contribution < -0.4 is 10.9 Å². The summed E-state index contributed by atoms with van der Waals surface area (Å²) in [6.45, 7) is 0. The van der Waals surface area contributed by atoms with Gasteiger partial charge in [-0.25, -0.2) is 4.99 Å². The molecule has 0 saturated carbocycles. The van der Waals surface area contributed by atoms with Crippen molar-refractivity contribution in [3.8, 4) is 0 Å². The highest BCUT2D eigenvalue weighted by atomic mass is 35.5. The van der Waals surface area contributed by atoms with E-state index in [1.807, 2.05) is 6.20 Å². The molecule has 0 bridgehead atoms. The average molecular weight is 222 g/mol. The third kappa shape index (κ3) is 1.22.